The number of nitrogens with one attached hydrogen (secondary N) is 1. The molecule has 0 radical (unpaired) electrons. The highest BCUT2D eigenvalue weighted by atomic mass is 19.3. The predicted molar refractivity (Wildman–Crippen MR) is 105 cm³/mol. The summed E-state index contributed by atoms with van der Waals surface area (Å²) in [6.07, 6.45) is 2.23. The molecule has 150 valence electrons. The van der Waals surface area contributed by atoms with Crippen LogP contribution in [-0.4, -0.2) is 15.7 Å². The number of anilines is 1. The number of benzene rings is 1. The summed E-state index contributed by atoms with van der Waals surface area (Å²) in [6, 6.07) is 6.00. The fourth-order valence-corrected chi connectivity index (χ4v) is 5.72. The van der Waals surface area contributed by atoms with E-state index in [2.05, 4.69) is 37.3 Å². The first kappa shape index (κ1) is 19.1. The molecule has 3 aliphatic rings. The quantitative estimate of drug-likeness (QED) is 0.764. The largest absolute Gasteiger partial charge is 0.322 e. The molecule has 0 bridgehead atoms. The van der Waals surface area contributed by atoms with E-state index >= 15 is 0 Å². The Bertz CT molecular complexity index is 923. The van der Waals surface area contributed by atoms with Gasteiger partial charge in [-0.1, -0.05) is 39.3 Å². The molecular weight excluding hydrogens is 360 g/mol. The predicted octanol–water partition coefficient (Wildman–Crippen LogP) is 5.42. The topological polar surface area (TPSA) is 46.9 Å². The molecule has 5 rings (SSSR count). The molecule has 1 aromatic heterocycles. The zero-order valence-electron chi connectivity index (χ0n) is 16.8. The Kier molecular flexibility index (Phi) is 4.55. The van der Waals surface area contributed by atoms with E-state index in [1.165, 1.54) is 41.9 Å². The van der Waals surface area contributed by atoms with Crippen LogP contribution in [0.4, 0.5) is 14.5 Å². The minimum Gasteiger partial charge on any atom is -0.322 e. The average Bonchev–Trinajstić information content (AvgIpc) is 2.93. The third-order valence-electron chi connectivity index (χ3n) is 6.68. The maximum Gasteiger partial charge on any atom is 0.282 e. The Morgan fingerprint density at radius 3 is 2.71 bits per heavy atom. The second-order valence-electron chi connectivity index (χ2n) is 8.29. The molecule has 28 heavy (non-hydrogen) atoms. The normalized spacial score (nSPS) is 28.5. The van der Waals surface area contributed by atoms with Crippen LogP contribution < -0.4 is 5.32 Å². The maximum atomic E-state index is 13.1. The van der Waals surface area contributed by atoms with Crippen LogP contribution in [0.25, 0.3) is 0 Å². The van der Waals surface area contributed by atoms with Crippen LogP contribution in [0, 0.1) is 11.8 Å². The van der Waals surface area contributed by atoms with E-state index in [0.29, 0.717) is 17.3 Å². The van der Waals surface area contributed by atoms with E-state index in [1.54, 1.807) is 0 Å². The third kappa shape index (κ3) is 2.46. The minimum atomic E-state index is -2.77. The summed E-state index contributed by atoms with van der Waals surface area (Å²) < 4.78 is 27.5. The third-order valence-corrected chi connectivity index (χ3v) is 6.68. The molecule has 2 saturated carbocycles. The van der Waals surface area contributed by atoms with Gasteiger partial charge in [-0.3, -0.25) is 9.48 Å². The van der Waals surface area contributed by atoms with E-state index < -0.39 is 18.0 Å². The van der Waals surface area contributed by atoms with Gasteiger partial charge in [0, 0.05) is 24.3 Å². The van der Waals surface area contributed by atoms with Gasteiger partial charge in [-0.2, -0.15) is 5.10 Å². The maximum absolute atomic E-state index is 13.1. The summed E-state index contributed by atoms with van der Waals surface area (Å²) in [4.78, 5) is 12.6. The van der Waals surface area contributed by atoms with Crippen molar-refractivity contribution >= 4 is 11.6 Å². The first-order valence-corrected chi connectivity index (χ1v) is 10.1. The fraction of sp³-hybridized carbons (Fsp3) is 0.545. The summed E-state index contributed by atoms with van der Waals surface area (Å²) in [5, 5.41) is 6.58. The lowest BCUT2D eigenvalue weighted by molar-refractivity contribution is 0.101. The smallest absolute Gasteiger partial charge is 0.282 e. The Morgan fingerprint density at radius 1 is 1.36 bits per heavy atom. The molecule has 1 N–H and O–H groups in total. The number of aryl methyl sites for hydroxylation is 1. The number of amides is 1. The van der Waals surface area contributed by atoms with Crippen molar-refractivity contribution in [1.82, 2.24) is 9.78 Å². The van der Waals surface area contributed by atoms with Crippen LogP contribution in [0.3, 0.4) is 0 Å². The number of aromatic nitrogens is 2. The standard InChI is InChI=1S/C19H19F2N3O.C3H8/c1-9-11-6-7-13-15-12(19(9,11)13)4-3-5-14(15)22-18(25)10-8-24(2)23-16(10)17(20)21;1-3-2/h3-5,8-9,11,13,17H,6-7H2,1-2H3,(H,22,25);3H2,1-2H3. The number of alkyl halides is 2. The highest BCUT2D eigenvalue weighted by Gasteiger charge is 2.75. The molecule has 1 amide bonds. The molecule has 1 aromatic carbocycles. The van der Waals surface area contributed by atoms with Crippen LogP contribution in [0.5, 0.6) is 0 Å². The molecule has 1 heterocycles. The number of nitrogens with zero attached hydrogens (tertiary/aromatic N) is 2. The highest BCUT2D eigenvalue weighted by Crippen LogP contribution is 2.81. The van der Waals surface area contributed by atoms with Gasteiger partial charge in [0.15, 0.2) is 0 Å². The Morgan fingerprint density at radius 2 is 2.07 bits per heavy atom. The first-order valence-electron chi connectivity index (χ1n) is 10.1. The van der Waals surface area contributed by atoms with Crippen LogP contribution >= 0.6 is 0 Å². The van der Waals surface area contributed by atoms with Crippen molar-refractivity contribution in [1.29, 1.82) is 0 Å². The summed E-state index contributed by atoms with van der Waals surface area (Å²) in [6.45, 7) is 6.57. The summed E-state index contributed by atoms with van der Waals surface area (Å²) in [7, 11) is 1.54. The molecule has 4 unspecified atom stereocenters. The number of carbonyl (C=O) groups is 1. The first-order chi connectivity index (χ1) is 13.4. The highest BCUT2D eigenvalue weighted by molar-refractivity contribution is 6.05. The van der Waals surface area contributed by atoms with Crippen molar-refractivity contribution in [2.75, 3.05) is 5.32 Å². The van der Waals surface area contributed by atoms with Crippen molar-refractivity contribution in [2.45, 2.75) is 57.8 Å². The SMILES string of the molecule is CC1C2CCC3c4c(NC(=O)c5cn(C)nc5C(F)F)cccc4C312.CCC. The second-order valence-corrected chi connectivity index (χ2v) is 8.29. The number of halogens is 2. The lowest BCUT2D eigenvalue weighted by Crippen LogP contribution is -2.33. The molecule has 0 aliphatic heterocycles. The summed E-state index contributed by atoms with van der Waals surface area (Å²) in [5.41, 5.74) is 3.13. The molecule has 6 heteroatoms. The zero-order valence-corrected chi connectivity index (χ0v) is 16.8. The van der Waals surface area contributed by atoms with Crippen LogP contribution in [0.2, 0.25) is 0 Å². The molecule has 2 fully saturated rings. The van der Waals surface area contributed by atoms with E-state index in [1.807, 2.05) is 12.1 Å². The van der Waals surface area contributed by atoms with Crippen molar-refractivity contribution in [3.05, 3.63) is 46.8 Å². The van der Waals surface area contributed by atoms with Gasteiger partial charge in [-0.25, -0.2) is 8.78 Å². The lowest BCUT2D eigenvalue weighted by Gasteiger charge is -2.41. The molecule has 4 nitrogen and oxygen atoms in total. The van der Waals surface area contributed by atoms with Crippen LogP contribution in [-0.2, 0) is 12.5 Å². The molecule has 4 atom stereocenters. The van der Waals surface area contributed by atoms with E-state index in [4.69, 9.17) is 0 Å². The van der Waals surface area contributed by atoms with Gasteiger partial charge in [0.2, 0.25) is 0 Å². The number of hydrogen-bond acceptors (Lipinski definition) is 2. The minimum absolute atomic E-state index is 0.0618. The van der Waals surface area contributed by atoms with Gasteiger partial charge in [0.25, 0.3) is 12.3 Å². The van der Waals surface area contributed by atoms with Gasteiger partial charge in [0.05, 0.1) is 5.56 Å². The Labute approximate surface area is 164 Å². The average molecular weight is 387 g/mol. The molecule has 2 aromatic rings. The van der Waals surface area contributed by atoms with E-state index in [-0.39, 0.29) is 5.56 Å². The fourth-order valence-electron chi connectivity index (χ4n) is 5.72. The van der Waals surface area contributed by atoms with E-state index in [0.717, 1.165) is 18.0 Å². The van der Waals surface area contributed by atoms with Crippen LogP contribution in [0.1, 0.15) is 79.6 Å². The lowest BCUT2D eigenvalue weighted by atomic mass is 9.63. The number of carbonyl (C=O) groups excluding carboxylic acids is 1. The number of hydrogen-bond donors (Lipinski definition) is 1. The Hall–Kier alpha value is -2.24. The van der Waals surface area contributed by atoms with E-state index in [9.17, 15) is 13.6 Å². The second kappa shape index (κ2) is 6.68. The molecule has 1 spiro atoms. The summed E-state index contributed by atoms with van der Waals surface area (Å²) >= 11 is 0. The number of rotatable bonds is 3. The van der Waals surface area contributed by atoms with Gasteiger partial charge in [-0.05, 0) is 47.8 Å². The summed E-state index contributed by atoms with van der Waals surface area (Å²) in [5.74, 6) is 1.48. The monoisotopic (exact) mass is 387 g/mol. The molecule has 0 saturated heterocycles. The van der Waals surface area contributed by atoms with Crippen molar-refractivity contribution in [3.8, 4) is 0 Å². The molecular formula is C22H27F2N3O. The molecule has 3 aliphatic carbocycles. The van der Waals surface area contributed by atoms with Gasteiger partial charge in [-0.15, -0.1) is 0 Å². The Balaban J connectivity index is 0.000000604. The van der Waals surface area contributed by atoms with Crippen molar-refractivity contribution in [2.24, 2.45) is 18.9 Å². The van der Waals surface area contributed by atoms with Crippen molar-refractivity contribution in [3.63, 3.8) is 0 Å². The van der Waals surface area contributed by atoms with Gasteiger partial charge < -0.3 is 5.32 Å². The van der Waals surface area contributed by atoms with Crippen molar-refractivity contribution < 1.29 is 13.6 Å². The van der Waals surface area contributed by atoms with Gasteiger partial charge >= 0.3 is 0 Å². The zero-order chi connectivity index (χ0) is 20.2. The van der Waals surface area contributed by atoms with Crippen LogP contribution in [0.15, 0.2) is 24.4 Å². The number of fused-ring (bicyclic) bond motifs is 2. The van der Waals surface area contributed by atoms with Gasteiger partial charge in [0.1, 0.15) is 5.69 Å².